The summed E-state index contributed by atoms with van der Waals surface area (Å²) in [4.78, 5) is 17.3. The van der Waals surface area contributed by atoms with Crippen molar-refractivity contribution < 1.29 is 13.2 Å². The number of anilines is 1. The monoisotopic (exact) mass is 489 g/mol. The fourth-order valence-electron chi connectivity index (χ4n) is 3.98. The number of piperidine rings is 1. The van der Waals surface area contributed by atoms with Gasteiger partial charge in [0.2, 0.25) is 10.0 Å². The molecule has 1 aromatic heterocycles. The summed E-state index contributed by atoms with van der Waals surface area (Å²) >= 11 is 7.24. The van der Waals surface area contributed by atoms with Crippen molar-refractivity contribution in [2.75, 3.05) is 18.4 Å². The smallest absolute Gasteiger partial charge is 0.257 e. The van der Waals surface area contributed by atoms with E-state index in [-0.39, 0.29) is 10.8 Å². The van der Waals surface area contributed by atoms with E-state index in [1.807, 2.05) is 17.5 Å². The molecule has 1 aliphatic heterocycles. The van der Waals surface area contributed by atoms with Gasteiger partial charge >= 0.3 is 0 Å². The molecule has 0 radical (unpaired) electrons. The third-order valence-corrected chi connectivity index (χ3v) is 8.31. The van der Waals surface area contributed by atoms with Crippen LogP contribution in [0.15, 0.2) is 58.8 Å². The van der Waals surface area contributed by atoms with E-state index >= 15 is 0 Å². The lowest BCUT2D eigenvalue weighted by Gasteiger charge is -2.34. The third kappa shape index (κ3) is 5.04. The summed E-state index contributed by atoms with van der Waals surface area (Å²) < 4.78 is 27.6. The average molecular weight is 490 g/mol. The van der Waals surface area contributed by atoms with Crippen molar-refractivity contribution in [2.24, 2.45) is 11.8 Å². The van der Waals surface area contributed by atoms with Gasteiger partial charge in [0.25, 0.3) is 5.91 Å². The van der Waals surface area contributed by atoms with Gasteiger partial charge in [0.1, 0.15) is 0 Å². The summed E-state index contributed by atoms with van der Waals surface area (Å²) in [7, 11) is -3.58. The van der Waals surface area contributed by atoms with Crippen molar-refractivity contribution in [1.82, 2.24) is 9.29 Å². The number of sulfonamides is 1. The number of nitrogens with zero attached hydrogens (tertiary/aromatic N) is 2. The zero-order valence-electron chi connectivity index (χ0n) is 17.8. The molecule has 3 aromatic rings. The molecule has 0 aliphatic carbocycles. The van der Waals surface area contributed by atoms with Crippen molar-refractivity contribution in [3.63, 3.8) is 0 Å². The van der Waals surface area contributed by atoms with E-state index in [1.54, 1.807) is 16.4 Å². The number of thiazole rings is 1. The highest BCUT2D eigenvalue weighted by atomic mass is 35.5. The van der Waals surface area contributed by atoms with Crippen molar-refractivity contribution in [3.8, 4) is 11.3 Å². The predicted molar refractivity (Wildman–Crippen MR) is 129 cm³/mol. The largest absolute Gasteiger partial charge is 0.298 e. The maximum absolute atomic E-state index is 13.0. The molecule has 32 heavy (non-hydrogen) atoms. The van der Waals surface area contributed by atoms with Gasteiger partial charge < -0.3 is 0 Å². The molecule has 1 N–H and O–H groups in total. The summed E-state index contributed by atoms with van der Waals surface area (Å²) in [6, 6.07) is 13.4. The fraction of sp³-hybridized carbons (Fsp3) is 0.304. The van der Waals surface area contributed by atoms with Crippen LogP contribution in [0.1, 0.15) is 30.6 Å². The molecule has 6 nitrogen and oxygen atoms in total. The zero-order chi connectivity index (χ0) is 22.9. The highest BCUT2D eigenvalue weighted by Crippen LogP contribution is 2.28. The Morgan fingerprint density at radius 2 is 1.69 bits per heavy atom. The minimum atomic E-state index is -3.58. The van der Waals surface area contributed by atoms with Crippen LogP contribution < -0.4 is 5.32 Å². The molecule has 1 fully saturated rings. The van der Waals surface area contributed by atoms with E-state index in [2.05, 4.69) is 24.1 Å². The maximum atomic E-state index is 13.0. The first-order valence-corrected chi connectivity index (χ1v) is 13.0. The molecule has 0 unspecified atom stereocenters. The third-order valence-electron chi connectivity index (χ3n) is 5.45. The van der Waals surface area contributed by atoms with Crippen molar-refractivity contribution in [2.45, 2.75) is 25.2 Å². The van der Waals surface area contributed by atoms with E-state index in [0.717, 1.165) is 17.7 Å². The minimum Gasteiger partial charge on any atom is -0.298 e. The Balaban J connectivity index is 1.45. The lowest BCUT2D eigenvalue weighted by atomic mass is 9.94. The van der Waals surface area contributed by atoms with Crippen LogP contribution in [-0.4, -0.2) is 36.7 Å². The Morgan fingerprint density at radius 3 is 2.31 bits per heavy atom. The first-order chi connectivity index (χ1) is 15.2. The molecule has 9 heteroatoms. The Labute approximate surface area is 197 Å². The van der Waals surface area contributed by atoms with Gasteiger partial charge in [-0.25, -0.2) is 13.4 Å². The van der Waals surface area contributed by atoms with E-state index in [1.165, 1.54) is 35.6 Å². The lowest BCUT2D eigenvalue weighted by Crippen LogP contribution is -2.42. The van der Waals surface area contributed by atoms with Crippen LogP contribution in [-0.2, 0) is 10.0 Å². The van der Waals surface area contributed by atoms with Crippen LogP contribution in [0.25, 0.3) is 11.3 Å². The first-order valence-electron chi connectivity index (χ1n) is 10.4. The second-order valence-corrected chi connectivity index (χ2v) is 11.5. The molecule has 1 aliphatic rings. The molecule has 0 saturated carbocycles. The Morgan fingerprint density at radius 1 is 1.06 bits per heavy atom. The summed E-state index contributed by atoms with van der Waals surface area (Å²) in [6.07, 6.45) is 1.03. The van der Waals surface area contributed by atoms with Gasteiger partial charge in [-0.15, -0.1) is 11.3 Å². The minimum absolute atomic E-state index is 0.203. The summed E-state index contributed by atoms with van der Waals surface area (Å²) in [5, 5.41) is 5.74. The molecule has 0 spiro atoms. The number of nitrogens with one attached hydrogen (secondary N) is 1. The number of amides is 1. The number of halogens is 1. The molecule has 168 valence electrons. The average Bonchev–Trinajstić information content (AvgIpc) is 3.22. The molecule has 2 aromatic carbocycles. The number of carbonyl (C=O) groups is 1. The van der Waals surface area contributed by atoms with Gasteiger partial charge in [-0.2, -0.15) is 4.31 Å². The van der Waals surface area contributed by atoms with Crippen molar-refractivity contribution in [3.05, 3.63) is 64.5 Å². The lowest BCUT2D eigenvalue weighted by molar-refractivity contribution is 0.102. The summed E-state index contributed by atoms with van der Waals surface area (Å²) in [5.74, 6) is 0.315. The number of rotatable bonds is 5. The van der Waals surface area contributed by atoms with Crippen LogP contribution in [0.4, 0.5) is 5.13 Å². The van der Waals surface area contributed by atoms with Crippen LogP contribution in [0, 0.1) is 11.8 Å². The summed E-state index contributed by atoms with van der Waals surface area (Å²) in [5.41, 5.74) is 2.02. The highest BCUT2D eigenvalue weighted by molar-refractivity contribution is 7.89. The number of benzene rings is 2. The second kappa shape index (κ2) is 9.31. The zero-order valence-corrected chi connectivity index (χ0v) is 20.2. The molecule has 1 saturated heterocycles. The number of hydrogen-bond acceptors (Lipinski definition) is 5. The van der Waals surface area contributed by atoms with Crippen LogP contribution >= 0.6 is 22.9 Å². The first kappa shape index (κ1) is 22.9. The highest BCUT2D eigenvalue weighted by Gasteiger charge is 2.31. The quantitative estimate of drug-likeness (QED) is 0.521. The van der Waals surface area contributed by atoms with Crippen molar-refractivity contribution in [1.29, 1.82) is 0 Å². The van der Waals surface area contributed by atoms with E-state index in [0.29, 0.717) is 40.6 Å². The van der Waals surface area contributed by atoms with Crippen LogP contribution in [0.2, 0.25) is 5.02 Å². The van der Waals surface area contributed by atoms with Crippen LogP contribution in [0.5, 0.6) is 0 Å². The normalized spacial score (nSPS) is 19.6. The molecular formula is C23H24ClN3O3S2. The molecule has 2 atom stereocenters. The van der Waals surface area contributed by atoms with E-state index < -0.39 is 10.0 Å². The van der Waals surface area contributed by atoms with E-state index in [4.69, 9.17) is 11.6 Å². The molecule has 4 rings (SSSR count). The molecule has 1 amide bonds. The summed E-state index contributed by atoms with van der Waals surface area (Å²) in [6.45, 7) is 5.19. The Hall–Kier alpha value is -2.26. The number of aromatic nitrogens is 1. The number of hydrogen-bond donors (Lipinski definition) is 1. The Kier molecular flexibility index (Phi) is 6.67. The molecule has 0 bridgehead atoms. The van der Waals surface area contributed by atoms with Crippen LogP contribution in [0.3, 0.4) is 0 Å². The second-order valence-electron chi connectivity index (χ2n) is 8.29. The SMILES string of the molecule is C[C@@H]1C[C@@H](C)CN(S(=O)(=O)c2ccc(C(=O)Nc3nc(-c4ccc(Cl)cc4)cs3)cc2)C1. The maximum Gasteiger partial charge on any atom is 0.257 e. The predicted octanol–water partition coefficient (Wildman–Crippen LogP) is 5.38. The standard InChI is InChI=1S/C23H24ClN3O3S2/c1-15-11-16(2)13-27(12-15)32(29,30)20-9-5-18(6-10-20)22(28)26-23-25-21(14-31-23)17-3-7-19(24)8-4-17/h3-10,14-16H,11-13H2,1-2H3,(H,25,26,28)/t15-,16-/m1/s1. The number of carbonyl (C=O) groups excluding carboxylic acids is 1. The van der Waals surface area contributed by atoms with Crippen molar-refractivity contribution >= 4 is 44.0 Å². The van der Waals surface area contributed by atoms with Gasteiger partial charge in [-0.05, 0) is 54.7 Å². The van der Waals surface area contributed by atoms with Gasteiger partial charge in [0.05, 0.1) is 10.6 Å². The topological polar surface area (TPSA) is 79.4 Å². The van der Waals surface area contributed by atoms with Gasteiger partial charge in [-0.3, -0.25) is 10.1 Å². The molecule has 2 heterocycles. The van der Waals surface area contributed by atoms with Gasteiger partial charge in [0, 0.05) is 34.6 Å². The molecular weight excluding hydrogens is 466 g/mol. The fourth-order valence-corrected chi connectivity index (χ4v) is 6.50. The van der Waals surface area contributed by atoms with Gasteiger partial charge in [-0.1, -0.05) is 37.6 Å². The van der Waals surface area contributed by atoms with E-state index in [9.17, 15) is 13.2 Å². The Bertz CT molecular complexity index is 1200. The van der Waals surface area contributed by atoms with Gasteiger partial charge in [0.15, 0.2) is 5.13 Å².